The zero-order valence-electron chi connectivity index (χ0n) is 15.7. The molecular formula is C21H27N3O3. The van der Waals surface area contributed by atoms with Crippen molar-refractivity contribution in [1.29, 1.82) is 0 Å². The van der Waals surface area contributed by atoms with E-state index in [1.54, 1.807) is 6.92 Å². The number of hydrogen-bond donors (Lipinski definition) is 2. The Morgan fingerprint density at radius 3 is 2.56 bits per heavy atom. The fraction of sp³-hybridized carbons (Fsp3) is 0.429. The fourth-order valence-electron chi connectivity index (χ4n) is 3.56. The molecule has 1 fully saturated rings. The second-order valence-corrected chi connectivity index (χ2v) is 7.20. The second kappa shape index (κ2) is 8.86. The molecule has 27 heavy (non-hydrogen) atoms. The number of aromatic nitrogens is 1. The van der Waals surface area contributed by atoms with E-state index in [2.05, 4.69) is 34.5 Å². The van der Waals surface area contributed by atoms with Gasteiger partial charge < -0.3 is 19.9 Å². The van der Waals surface area contributed by atoms with Crippen LogP contribution >= 0.6 is 0 Å². The molecular weight excluding hydrogens is 342 g/mol. The van der Waals surface area contributed by atoms with Crippen LogP contribution in [-0.2, 0) is 17.8 Å². The number of hydrogen-bond acceptors (Lipinski definition) is 4. The molecule has 1 amide bonds. The monoisotopic (exact) mass is 369 g/mol. The molecule has 1 aliphatic rings. The summed E-state index contributed by atoms with van der Waals surface area (Å²) in [5.74, 6) is -0.231. The van der Waals surface area contributed by atoms with Crippen LogP contribution in [0.4, 0.5) is 0 Å². The predicted molar refractivity (Wildman–Crippen MR) is 105 cm³/mol. The standard InChI is InChI=1S/C21H27N3O3/c1-16-13-19(25)14-21(27)24(16)15-20(26)22-18-8-11-23(12-9-18)10-7-17-5-3-2-4-6-17/h2-6,13-14,18,25H,7-12,15H2,1H3,(H,22,26). The number of amides is 1. The lowest BCUT2D eigenvalue weighted by Crippen LogP contribution is -2.46. The van der Waals surface area contributed by atoms with Gasteiger partial charge in [0.1, 0.15) is 12.3 Å². The Hall–Kier alpha value is -2.60. The number of rotatable bonds is 6. The summed E-state index contributed by atoms with van der Waals surface area (Å²) in [4.78, 5) is 26.7. The molecule has 0 aliphatic carbocycles. The van der Waals surface area contributed by atoms with E-state index in [1.165, 1.54) is 16.2 Å². The van der Waals surface area contributed by atoms with Crippen LogP contribution in [0.15, 0.2) is 47.3 Å². The van der Waals surface area contributed by atoms with Gasteiger partial charge in [-0.3, -0.25) is 9.59 Å². The summed E-state index contributed by atoms with van der Waals surface area (Å²) in [5, 5.41) is 12.5. The number of aromatic hydroxyl groups is 1. The van der Waals surface area contributed by atoms with Crippen molar-refractivity contribution in [1.82, 2.24) is 14.8 Å². The van der Waals surface area contributed by atoms with Crippen molar-refractivity contribution in [3.05, 3.63) is 64.1 Å². The summed E-state index contributed by atoms with van der Waals surface area (Å²) in [6, 6.07) is 13.2. The minimum absolute atomic E-state index is 0.0147. The van der Waals surface area contributed by atoms with Crippen LogP contribution in [0, 0.1) is 6.92 Å². The molecule has 6 heteroatoms. The summed E-state index contributed by atoms with van der Waals surface area (Å²) in [7, 11) is 0. The molecule has 2 heterocycles. The highest BCUT2D eigenvalue weighted by Gasteiger charge is 2.21. The van der Waals surface area contributed by atoms with Crippen molar-refractivity contribution < 1.29 is 9.90 Å². The molecule has 0 unspecified atom stereocenters. The van der Waals surface area contributed by atoms with Crippen LogP contribution in [0.3, 0.4) is 0 Å². The first kappa shape index (κ1) is 19.2. The summed E-state index contributed by atoms with van der Waals surface area (Å²) in [6.45, 7) is 4.66. The van der Waals surface area contributed by atoms with E-state index in [-0.39, 0.29) is 29.8 Å². The van der Waals surface area contributed by atoms with Gasteiger partial charge in [0, 0.05) is 37.4 Å². The normalized spacial score (nSPS) is 15.6. The van der Waals surface area contributed by atoms with Crippen LogP contribution in [0.5, 0.6) is 5.75 Å². The van der Waals surface area contributed by atoms with Gasteiger partial charge in [0.15, 0.2) is 0 Å². The van der Waals surface area contributed by atoms with Gasteiger partial charge in [-0.1, -0.05) is 30.3 Å². The number of pyridine rings is 1. The van der Waals surface area contributed by atoms with Gasteiger partial charge in [-0.2, -0.15) is 0 Å². The summed E-state index contributed by atoms with van der Waals surface area (Å²) >= 11 is 0. The van der Waals surface area contributed by atoms with Crippen LogP contribution in [0.2, 0.25) is 0 Å². The largest absolute Gasteiger partial charge is 0.508 e. The first-order valence-electron chi connectivity index (χ1n) is 9.47. The van der Waals surface area contributed by atoms with Gasteiger partial charge in [0.25, 0.3) is 5.56 Å². The molecule has 1 aromatic heterocycles. The third kappa shape index (κ3) is 5.44. The highest BCUT2D eigenvalue weighted by Crippen LogP contribution is 2.12. The van der Waals surface area contributed by atoms with Gasteiger partial charge >= 0.3 is 0 Å². The molecule has 0 bridgehead atoms. The van der Waals surface area contributed by atoms with Crippen LogP contribution in [-0.4, -0.2) is 46.2 Å². The number of carbonyl (C=O) groups is 1. The van der Waals surface area contributed by atoms with E-state index in [1.807, 2.05) is 6.07 Å². The van der Waals surface area contributed by atoms with Crippen molar-refractivity contribution in [2.75, 3.05) is 19.6 Å². The SMILES string of the molecule is Cc1cc(O)cc(=O)n1CC(=O)NC1CCN(CCc2ccccc2)CC1. The highest BCUT2D eigenvalue weighted by molar-refractivity contribution is 5.76. The van der Waals surface area contributed by atoms with Gasteiger partial charge in [-0.05, 0) is 37.8 Å². The number of carbonyl (C=O) groups excluding carboxylic acids is 1. The Morgan fingerprint density at radius 2 is 1.89 bits per heavy atom. The quantitative estimate of drug-likeness (QED) is 0.813. The predicted octanol–water partition coefficient (Wildman–Crippen LogP) is 1.69. The number of benzene rings is 1. The Kier molecular flexibility index (Phi) is 6.29. The average molecular weight is 369 g/mol. The molecule has 2 aromatic rings. The Balaban J connectivity index is 1.44. The summed E-state index contributed by atoms with van der Waals surface area (Å²) in [5.41, 5.74) is 1.56. The van der Waals surface area contributed by atoms with E-state index in [0.29, 0.717) is 5.69 Å². The Labute approximate surface area is 159 Å². The van der Waals surface area contributed by atoms with Gasteiger partial charge in [0.05, 0.1) is 0 Å². The van der Waals surface area contributed by atoms with Gasteiger partial charge in [-0.15, -0.1) is 0 Å². The number of piperidine rings is 1. The third-order valence-electron chi connectivity index (χ3n) is 5.13. The maximum absolute atomic E-state index is 12.3. The van der Waals surface area contributed by atoms with Gasteiger partial charge in [0.2, 0.25) is 5.91 Å². The smallest absolute Gasteiger partial charge is 0.254 e. The summed E-state index contributed by atoms with van der Waals surface area (Å²) < 4.78 is 1.38. The minimum atomic E-state index is -0.363. The Morgan fingerprint density at radius 1 is 1.19 bits per heavy atom. The van der Waals surface area contributed by atoms with Crippen molar-refractivity contribution >= 4 is 5.91 Å². The van der Waals surface area contributed by atoms with Crippen molar-refractivity contribution in [2.45, 2.75) is 38.8 Å². The number of likely N-dealkylation sites (tertiary alicyclic amines) is 1. The lowest BCUT2D eigenvalue weighted by Gasteiger charge is -2.32. The summed E-state index contributed by atoms with van der Waals surface area (Å²) in [6.07, 6.45) is 2.88. The minimum Gasteiger partial charge on any atom is -0.508 e. The van der Waals surface area contributed by atoms with Gasteiger partial charge in [-0.25, -0.2) is 0 Å². The molecule has 1 aromatic carbocycles. The molecule has 0 atom stereocenters. The fourth-order valence-corrected chi connectivity index (χ4v) is 3.56. The molecule has 0 radical (unpaired) electrons. The number of nitrogens with zero attached hydrogens (tertiary/aromatic N) is 2. The van der Waals surface area contributed by atoms with E-state index in [9.17, 15) is 14.7 Å². The average Bonchev–Trinajstić information content (AvgIpc) is 2.65. The van der Waals surface area contributed by atoms with Crippen LogP contribution < -0.4 is 10.9 Å². The molecule has 6 nitrogen and oxygen atoms in total. The Bertz CT molecular complexity index is 824. The van der Waals surface area contributed by atoms with E-state index in [0.717, 1.165) is 45.0 Å². The second-order valence-electron chi connectivity index (χ2n) is 7.20. The van der Waals surface area contributed by atoms with Crippen LogP contribution in [0.25, 0.3) is 0 Å². The van der Waals surface area contributed by atoms with Crippen molar-refractivity contribution in [2.24, 2.45) is 0 Å². The van der Waals surface area contributed by atoms with Crippen molar-refractivity contribution in [3.63, 3.8) is 0 Å². The lowest BCUT2D eigenvalue weighted by molar-refractivity contribution is -0.122. The van der Waals surface area contributed by atoms with Crippen molar-refractivity contribution in [3.8, 4) is 5.75 Å². The van der Waals surface area contributed by atoms with Crippen LogP contribution in [0.1, 0.15) is 24.1 Å². The first-order valence-corrected chi connectivity index (χ1v) is 9.47. The third-order valence-corrected chi connectivity index (χ3v) is 5.13. The molecule has 0 spiro atoms. The lowest BCUT2D eigenvalue weighted by atomic mass is 10.0. The van der Waals surface area contributed by atoms with E-state index < -0.39 is 0 Å². The molecule has 144 valence electrons. The highest BCUT2D eigenvalue weighted by atomic mass is 16.3. The van der Waals surface area contributed by atoms with E-state index in [4.69, 9.17) is 0 Å². The van der Waals surface area contributed by atoms with E-state index >= 15 is 0 Å². The zero-order chi connectivity index (χ0) is 19.2. The molecule has 0 saturated carbocycles. The maximum Gasteiger partial charge on any atom is 0.254 e. The molecule has 1 aliphatic heterocycles. The maximum atomic E-state index is 12.3. The number of nitrogens with one attached hydrogen (secondary N) is 1. The molecule has 1 saturated heterocycles. The topological polar surface area (TPSA) is 74.6 Å². The first-order chi connectivity index (χ1) is 13.0. The number of aryl methyl sites for hydroxylation is 1. The molecule has 2 N–H and O–H groups in total. The molecule has 3 rings (SSSR count). The zero-order valence-corrected chi connectivity index (χ0v) is 15.7.